The van der Waals surface area contributed by atoms with Crippen molar-refractivity contribution in [3.63, 3.8) is 0 Å². The molecule has 0 spiro atoms. The SMILES string of the molecule is CCOC(=O)N1CCC(N2CC[C@@H](Oc3cccc(C(C)C)c3)[C@H](O)C2)CC1. The van der Waals surface area contributed by atoms with Gasteiger partial charge in [0.15, 0.2) is 0 Å². The van der Waals surface area contributed by atoms with E-state index in [0.29, 0.717) is 25.1 Å². The fourth-order valence-electron chi connectivity index (χ4n) is 4.15. The highest BCUT2D eigenvalue weighted by Gasteiger charge is 2.34. The van der Waals surface area contributed by atoms with Crippen molar-refractivity contribution in [1.82, 2.24) is 9.80 Å². The number of carbonyl (C=O) groups excluding carboxylic acids is 1. The number of hydrogen-bond donors (Lipinski definition) is 1. The molecule has 0 saturated carbocycles. The molecule has 2 aliphatic heterocycles. The third-order valence-corrected chi connectivity index (χ3v) is 5.87. The van der Waals surface area contributed by atoms with Crippen molar-refractivity contribution < 1.29 is 19.4 Å². The van der Waals surface area contributed by atoms with Gasteiger partial charge in [0.1, 0.15) is 18.0 Å². The number of piperidine rings is 2. The van der Waals surface area contributed by atoms with E-state index in [1.165, 1.54) is 5.56 Å². The second-order valence-electron chi connectivity index (χ2n) is 8.15. The van der Waals surface area contributed by atoms with Crippen LogP contribution in [0.3, 0.4) is 0 Å². The molecule has 2 atom stereocenters. The molecule has 0 aliphatic carbocycles. The van der Waals surface area contributed by atoms with Gasteiger partial charge in [0.2, 0.25) is 0 Å². The van der Waals surface area contributed by atoms with Crippen molar-refractivity contribution in [3.8, 4) is 5.75 Å². The zero-order valence-electron chi connectivity index (χ0n) is 17.3. The van der Waals surface area contributed by atoms with E-state index in [-0.39, 0.29) is 12.2 Å². The molecule has 156 valence electrons. The summed E-state index contributed by atoms with van der Waals surface area (Å²) in [6, 6.07) is 8.58. The van der Waals surface area contributed by atoms with Gasteiger partial charge in [-0.05, 0) is 49.8 Å². The van der Waals surface area contributed by atoms with Crippen molar-refractivity contribution in [2.24, 2.45) is 0 Å². The van der Waals surface area contributed by atoms with E-state index in [1.54, 1.807) is 4.90 Å². The van der Waals surface area contributed by atoms with Gasteiger partial charge in [-0.25, -0.2) is 4.79 Å². The molecule has 0 aromatic heterocycles. The van der Waals surface area contributed by atoms with Crippen molar-refractivity contribution in [2.75, 3.05) is 32.8 Å². The maximum Gasteiger partial charge on any atom is 0.409 e. The molecule has 3 rings (SSSR count). The average molecular weight is 391 g/mol. The van der Waals surface area contributed by atoms with Crippen molar-refractivity contribution in [1.29, 1.82) is 0 Å². The summed E-state index contributed by atoms with van der Waals surface area (Å²) in [6.07, 6.45) is 1.78. The highest BCUT2D eigenvalue weighted by atomic mass is 16.6. The third-order valence-electron chi connectivity index (χ3n) is 5.87. The summed E-state index contributed by atoms with van der Waals surface area (Å²) in [7, 11) is 0. The monoisotopic (exact) mass is 390 g/mol. The Morgan fingerprint density at radius 2 is 1.96 bits per heavy atom. The van der Waals surface area contributed by atoms with E-state index in [4.69, 9.17) is 9.47 Å². The first kappa shape index (κ1) is 20.9. The molecule has 28 heavy (non-hydrogen) atoms. The minimum atomic E-state index is -0.500. The van der Waals surface area contributed by atoms with Crippen LogP contribution in [0.2, 0.25) is 0 Å². The summed E-state index contributed by atoms with van der Waals surface area (Å²) >= 11 is 0. The van der Waals surface area contributed by atoms with Gasteiger partial charge < -0.3 is 19.5 Å². The molecule has 2 heterocycles. The van der Waals surface area contributed by atoms with Crippen LogP contribution in [0.5, 0.6) is 5.75 Å². The predicted octanol–water partition coefficient (Wildman–Crippen LogP) is 3.24. The molecule has 0 bridgehead atoms. The van der Waals surface area contributed by atoms with Crippen molar-refractivity contribution in [2.45, 2.75) is 64.2 Å². The fraction of sp³-hybridized carbons (Fsp3) is 0.682. The first-order chi connectivity index (χ1) is 13.5. The summed E-state index contributed by atoms with van der Waals surface area (Å²) in [5.41, 5.74) is 1.25. The molecule has 6 nitrogen and oxygen atoms in total. The van der Waals surface area contributed by atoms with Crippen LogP contribution >= 0.6 is 0 Å². The maximum atomic E-state index is 11.8. The summed E-state index contributed by atoms with van der Waals surface area (Å²) in [4.78, 5) is 16.0. The molecule has 1 amide bonds. The van der Waals surface area contributed by atoms with Gasteiger partial charge in [-0.1, -0.05) is 26.0 Å². The standard InChI is InChI=1S/C22H34N2O4/c1-4-27-22(26)23-11-8-18(9-12-23)24-13-10-21(20(25)15-24)28-19-7-5-6-17(14-19)16(2)3/h5-7,14,16,18,20-21,25H,4,8-13,15H2,1-3H3/t20-,21-/m1/s1. The average Bonchev–Trinajstić information content (AvgIpc) is 2.70. The largest absolute Gasteiger partial charge is 0.488 e. The van der Waals surface area contributed by atoms with E-state index >= 15 is 0 Å². The topological polar surface area (TPSA) is 62.2 Å². The van der Waals surface area contributed by atoms with Crippen LogP contribution in [0.1, 0.15) is 51.5 Å². The quantitative estimate of drug-likeness (QED) is 0.836. The summed E-state index contributed by atoms with van der Waals surface area (Å²) in [6.45, 7) is 9.56. The highest BCUT2D eigenvalue weighted by molar-refractivity contribution is 5.67. The molecule has 2 saturated heterocycles. The van der Waals surface area contributed by atoms with Crippen molar-refractivity contribution in [3.05, 3.63) is 29.8 Å². The van der Waals surface area contributed by atoms with E-state index in [9.17, 15) is 9.90 Å². The molecule has 0 unspecified atom stereocenters. The Morgan fingerprint density at radius 1 is 1.21 bits per heavy atom. The molecular weight excluding hydrogens is 356 g/mol. The van der Waals surface area contributed by atoms with Crippen LogP contribution in [0, 0.1) is 0 Å². The third kappa shape index (κ3) is 5.17. The number of nitrogens with zero attached hydrogens (tertiary/aromatic N) is 2. The molecule has 6 heteroatoms. The van der Waals surface area contributed by atoms with Gasteiger partial charge >= 0.3 is 6.09 Å². The lowest BCUT2D eigenvalue weighted by Gasteiger charge is -2.43. The van der Waals surface area contributed by atoms with Gasteiger partial charge in [0.25, 0.3) is 0 Å². The highest BCUT2D eigenvalue weighted by Crippen LogP contribution is 2.26. The second-order valence-corrected chi connectivity index (χ2v) is 8.15. The number of hydrogen-bond acceptors (Lipinski definition) is 5. The fourth-order valence-corrected chi connectivity index (χ4v) is 4.15. The molecule has 1 aromatic rings. The number of amides is 1. The van der Waals surface area contributed by atoms with Gasteiger partial charge in [-0.15, -0.1) is 0 Å². The first-order valence-corrected chi connectivity index (χ1v) is 10.6. The van der Waals surface area contributed by atoms with Crippen LogP contribution < -0.4 is 4.74 Å². The number of aliphatic hydroxyl groups excluding tert-OH is 1. The van der Waals surface area contributed by atoms with Gasteiger partial charge in [0.05, 0.1) is 6.61 Å². The summed E-state index contributed by atoms with van der Waals surface area (Å²) in [5.74, 6) is 1.29. The van der Waals surface area contributed by atoms with Crippen LogP contribution in [-0.2, 0) is 4.74 Å². The molecule has 0 radical (unpaired) electrons. The zero-order valence-corrected chi connectivity index (χ0v) is 17.3. The molecular formula is C22H34N2O4. The lowest BCUT2D eigenvalue weighted by Crippen LogP contribution is -2.55. The predicted molar refractivity (Wildman–Crippen MR) is 109 cm³/mol. The van der Waals surface area contributed by atoms with E-state index < -0.39 is 6.10 Å². The number of likely N-dealkylation sites (tertiary alicyclic amines) is 2. The van der Waals surface area contributed by atoms with Crippen molar-refractivity contribution >= 4 is 6.09 Å². The lowest BCUT2D eigenvalue weighted by atomic mass is 9.97. The first-order valence-electron chi connectivity index (χ1n) is 10.6. The number of β-amino-alcohol motifs (C(OH)–C–C–N with tert-alkyl or cyclic N) is 1. The number of benzene rings is 1. The molecule has 1 aromatic carbocycles. The smallest absolute Gasteiger partial charge is 0.409 e. The Hall–Kier alpha value is -1.79. The Morgan fingerprint density at radius 3 is 2.61 bits per heavy atom. The normalized spacial score (nSPS) is 24.4. The number of aliphatic hydroxyl groups is 1. The molecule has 2 aliphatic rings. The van der Waals surface area contributed by atoms with Gasteiger partial charge in [-0.3, -0.25) is 4.90 Å². The molecule has 1 N–H and O–H groups in total. The zero-order chi connectivity index (χ0) is 20.1. The number of carbonyl (C=O) groups is 1. The summed E-state index contributed by atoms with van der Waals surface area (Å²) < 4.78 is 11.2. The molecule has 2 fully saturated rings. The lowest BCUT2D eigenvalue weighted by molar-refractivity contribution is -0.0444. The Balaban J connectivity index is 1.49. The maximum absolute atomic E-state index is 11.8. The Bertz CT molecular complexity index is 643. The second kappa shape index (κ2) is 9.61. The van der Waals surface area contributed by atoms with Crippen LogP contribution in [0.4, 0.5) is 4.79 Å². The number of rotatable bonds is 5. The minimum absolute atomic E-state index is 0.168. The Labute approximate surface area is 168 Å². The van der Waals surface area contributed by atoms with E-state index in [2.05, 4.69) is 30.9 Å². The van der Waals surface area contributed by atoms with E-state index in [1.807, 2.05) is 19.1 Å². The minimum Gasteiger partial charge on any atom is -0.488 e. The Kier molecular flexibility index (Phi) is 7.18. The van der Waals surface area contributed by atoms with Gasteiger partial charge in [0, 0.05) is 32.2 Å². The van der Waals surface area contributed by atoms with Gasteiger partial charge in [-0.2, -0.15) is 0 Å². The van der Waals surface area contributed by atoms with Crippen LogP contribution in [0.15, 0.2) is 24.3 Å². The van der Waals surface area contributed by atoms with Crippen LogP contribution in [0.25, 0.3) is 0 Å². The van der Waals surface area contributed by atoms with E-state index in [0.717, 1.165) is 44.6 Å². The van der Waals surface area contributed by atoms with Crippen LogP contribution in [-0.4, -0.2) is 72.0 Å². The summed E-state index contributed by atoms with van der Waals surface area (Å²) in [5, 5.41) is 10.7. The number of ether oxygens (including phenoxy) is 2.